The molecule has 0 heterocycles. The standard InChI is InChI=1S/C12H12N2O4S2/c15-19(16)14(20(17)18)13(11-7-3-1-4-8-11)12-9-5-2-6-10-12/h1-10,19-20H. The van der Waals surface area contributed by atoms with Crippen molar-refractivity contribution < 1.29 is 16.8 Å². The summed E-state index contributed by atoms with van der Waals surface area (Å²) in [5, 5.41) is 1.12. The highest BCUT2D eigenvalue weighted by molar-refractivity contribution is 7.85. The summed E-state index contributed by atoms with van der Waals surface area (Å²) >= 11 is 0. The van der Waals surface area contributed by atoms with Gasteiger partial charge in [-0.15, -0.1) is 0 Å². The molecule has 0 bridgehead atoms. The lowest BCUT2D eigenvalue weighted by atomic mass is 10.2. The number of benzene rings is 2. The number of hydrogen-bond donors (Lipinski definition) is 2. The molecule has 0 unspecified atom stereocenters. The number of hydrogen-bond acceptors (Lipinski definition) is 5. The highest BCUT2D eigenvalue weighted by Crippen LogP contribution is 2.27. The predicted octanol–water partition coefficient (Wildman–Crippen LogP) is 1.09. The fourth-order valence-corrected chi connectivity index (χ4v) is 2.88. The highest BCUT2D eigenvalue weighted by Gasteiger charge is 2.22. The zero-order valence-electron chi connectivity index (χ0n) is 10.2. The van der Waals surface area contributed by atoms with Crippen molar-refractivity contribution in [2.24, 2.45) is 0 Å². The molecule has 6 nitrogen and oxygen atoms in total. The second-order valence-electron chi connectivity index (χ2n) is 3.73. The SMILES string of the molecule is O=[SH](=O)N(N(c1ccccc1)c1ccccc1)[SH](=O)=O. The van der Waals surface area contributed by atoms with Crippen molar-refractivity contribution in [1.82, 2.24) is 3.82 Å². The molecule has 20 heavy (non-hydrogen) atoms. The number of para-hydroxylation sites is 2. The summed E-state index contributed by atoms with van der Waals surface area (Å²) in [4.78, 5) is 0. The van der Waals surface area contributed by atoms with E-state index in [-0.39, 0.29) is 0 Å². The van der Waals surface area contributed by atoms with E-state index in [9.17, 15) is 16.8 Å². The van der Waals surface area contributed by atoms with Gasteiger partial charge in [0.2, 0.25) is 21.8 Å². The van der Waals surface area contributed by atoms with Gasteiger partial charge in [-0.1, -0.05) is 36.4 Å². The minimum absolute atomic E-state index is 0.315. The first-order valence-corrected chi connectivity index (χ1v) is 7.86. The number of hydrazine groups is 1. The first kappa shape index (κ1) is 14.5. The van der Waals surface area contributed by atoms with Crippen molar-refractivity contribution >= 4 is 33.2 Å². The summed E-state index contributed by atoms with van der Waals surface area (Å²) in [6, 6.07) is 16.8. The van der Waals surface area contributed by atoms with Gasteiger partial charge in [0.05, 0.1) is 11.4 Å². The number of rotatable bonds is 5. The lowest BCUT2D eigenvalue weighted by Gasteiger charge is -2.27. The molecule has 0 fully saturated rings. The molecule has 0 spiro atoms. The average molecular weight is 312 g/mol. The Balaban J connectivity index is 2.61. The van der Waals surface area contributed by atoms with Crippen molar-refractivity contribution in [2.75, 3.05) is 5.01 Å². The predicted molar refractivity (Wildman–Crippen MR) is 77.5 cm³/mol. The summed E-state index contributed by atoms with van der Waals surface area (Å²) in [6.07, 6.45) is 0. The monoisotopic (exact) mass is 312 g/mol. The van der Waals surface area contributed by atoms with Gasteiger partial charge in [0.15, 0.2) is 0 Å². The van der Waals surface area contributed by atoms with Crippen LogP contribution in [-0.4, -0.2) is 20.7 Å². The zero-order chi connectivity index (χ0) is 14.5. The molecule has 8 heteroatoms. The second-order valence-corrected chi connectivity index (χ2v) is 5.75. The molecule has 0 saturated heterocycles. The number of nitrogens with zero attached hydrogens (tertiary/aromatic N) is 2. The van der Waals surface area contributed by atoms with Crippen molar-refractivity contribution in [3.63, 3.8) is 0 Å². The molecule has 2 aromatic rings. The van der Waals surface area contributed by atoms with Gasteiger partial charge < -0.3 is 0 Å². The lowest BCUT2D eigenvalue weighted by molar-refractivity contribution is 0.529. The van der Waals surface area contributed by atoms with Gasteiger partial charge in [0.1, 0.15) is 0 Å². The first-order chi connectivity index (χ1) is 9.61. The van der Waals surface area contributed by atoms with Gasteiger partial charge in [0.25, 0.3) is 0 Å². The van der Waals surface area contributed by atoms with E-state index < -0.39 is 21.8 Å². The Bertz CT molecular complexity index is 637. The number of thiol groups is 2. The van der Waals surface area contributed by atoms with E-state index in [0.717, 1.165) is 5.01 Å². The summed E-state index contributed by atoms with van der Waals surface area (Å²) in [7, 11) is -6.65. The van der Waals surface area contributed by atoms with E-state index in [4.69, 9.17) is 0 Å². The van der Waals surface area contributed by atoms with Crippen LogP contribution in [-0.2, 0) is 21.8 Å². The average Bonchev–Trinajstić information content (AvgIpc) is 2.45. The van der Waals surface area contributed by atoms with Crippen molar-refractivity contribution in [3.8, 4) is 0 Å². The van der Waals surface area contributed by atoms with Gasteiger partial charge in [-0.2, -0.15) is 0 Å². The van der Waals surface area contributed by atoms with Crippen LogP contribution in [0.3, 0.4) is 0 Å². The fourth-order valence-electron chi connectivity index (χ4n) is 1.70. The summed E-state index contributed by atoms with van der Waals surface area (Å²) in [6.45, 7) is 0. The van der Waals surface area contributed by atoms with Crippen LogP contribution < -0.4 is 5.01 Å². The maximum Gasteiger partial charge on any atom is 0.234 e. The van der Waals surface area contributed by atoms with E-state index in [2.05, 4.69) is 0 Å². The molecule has 0 aliphatic rings. The maximum absolute atomic E-state index is 11.3. The molecule has 2 aromatic carbocycles. The van der Waals surface area contributed by atoms with Gasteiger partial charge in [-0.25, -0.2) is 21.8 Å². The molecule has 2 rings (SSSR count). The topological polar surface area (TPSA) is 74.8 Å². The van der Waals surface area contributed by atoms with E-state index >= 15 is 0 Å². The molecule has 0 saturated carbocycles. The van der Waals surface area contributed by atoms with Crippen LogP contribution in [0.4, 0.5) is 11.4 Å². The van der Waals surface area contributed by atoms with Gasteiger partial charge in [-0.3, -0.25) is 0 Å². The van der Waals surface area contributed by atoms with Crippen LogP contribution >= 0.6 is 0 Å². The van der Waals surface area contributed by atoms with Gasteiger partial charge >= 0.3 is 0 Å². The van der Waals surface area contributed by atoms with E-state index in [1.54, 1.807) is 60.7 Å². The van der Waals surface area contributed by atoms with Gasteiger partial charge in [-0.05, 0) is 28.1 Å². The van der Waals surface area contributed by atoms with Crippen LogP contribution in [0.1, 0.15) is 0 Å². The molecular weight excluding hydrogens is 300 g/mol. The Labute approximate surface area is 120 Å². The molecule has 0 amide bonds. The Hall–Kier alpha value is -1.90. The van der Waals surface area contributed by atoms with Crippen LogP contribution in [0.5, 0.6) is 0 Å². The molecule has 0 N–H and O–H groups in total. The van der Waals surface area contributed by atoms with Crippen LogP contribution in [0, 0.1) is 0 Å². The van der Waals surface area contributed by atoms with Gasteiger partial charge in [0, 0.05) is 0 Å². The molecule has 0 atom stereocenters. The Kier molecular flexibility index (Phi) is 4.72. The highest BCUT2D eigenvalue weighted by atomic mass is 32.2. The lowest BCUT2D eigenvalue weighted by Crippen LogP contribution is -2.37. The fraction of sp³-hybridized carbons (Fsp3) is 0. The molecular formula is C12H12N2O4S2. The Morgan fingerprint density at radius 2 is 0.950 bits per heavy atom. The summed E-state index contributed by atoms with van der Waals surface area (Å²) < 4.78 is 45.4. The molecule has 0 aliphatic carbocycles. The summed E-state index contributed by atoms with van der Waals surface area (Å²) in [5.41, 5.74) is 0.856. The second kappa shape index (κ2) is 6.51. The van der Waals surface area contributed by atoms with E-state index in [0.29, 0.717) is 15.2 Å². The van der Waals surface area contributed by atoms with Crippen molar-refractivity contribution in [3.05, 3.63) is 60.7 Å². The Morgan fingerprint density at radius 3 is 1.25 bits per heavy atom. The third-order valence-electron chi connectivity index (χ3n) is 2.47. The summed E-state index contributed by atoms with van der Waals surface area (Å²) in [5.74, 6) is 0. The molecule has 0 aromatic heterocycles. The normalized spacial score (nSPS) is 11.2. The van der Waals surface area contributed by atoms with E-state index in [1.807, 2.05) is 0 Å². The van der Waals surface area contributed by atoms with Crippen molar-refractivity contribution in [1.29, 1.82) is 0 Å². The quantitative estimate of drug-likeness (QED) is 0.639. The number of anilines is 2. The third kappa shape index (κ3) is 3.16. The molecule has 0 radical (unpaired) electrons. The third-order valence-corrected chi connectivity index (χ3v) is 4.29. The van der Waals surface area contributed by atoms with E-state index in [1.165, 1.54) is 0 Å². The van der Waals surface area contributed by atoms with Crippen LogP contribution in [0.15, 0.2) is 60.7 Å². The van der Waals surface area contributed by atoms with Crippen LogP contribution in [0.25, 0.3) is 0 Å². The maximum atomic E-state index is 11.3. The molecule has 0 aliphatic heterocycles. The van der Waals surface area contributed by atoms with Crippen LogP contribution in [0.2, 0.25) is 0 Å². The smallest absolute Gasteiger partial charge is 0.234 e. The zero-order valence-corrected chi connectivity index (χ0v) is 12.0. The van der Waals surface area contributed by atoms with Crippen molar-refractivity contribution in [2.45, 2.75) is 0 Å². The first-order valence-electron chi connectivity index (χ1n) is 5.60. The largest absolute Gasteiger partial charge is 0.247 e. The minimum atomic E-state index is -3.33. The molecule has 106 valence electrons. The Morgan fingerprint density at radius 1 is 0.600 bits per heavy atom. The minimum Gasteiger partial charge on any atom is -0.247 e.